The van der Waals surface area contributed by atoms with E-state index >= 15 is 0 Å². The van der Waals surface area contributed by atoms with Crippen molar-refractivity contribution in [2.24, 2.45) is 5.92 Å². The fraction of sp³-hybridized carbons (Fsp3) is 0.235. The van der Waals surface area contributed by atoms with Gasteiger partial charge in [0, 0.05) is 24.5 Å². The molecule has 1 aliphatic rings. The average molecular weight is 286 g/mol. The Morgan fingerprint density at radius 1 is 1.00 bits per heavy atom. The minimum Gasteiger partial charge on any atom is -0.312 e. The van der Waals surface area contributed by atoms with Gasteiger partial charge in [-0.1, -0.05) is 42.5 Å². The fourth-order valence-electron chi connectivity index (χ4n) is 2.60. The number of carbonyl (C=O) groups is 1. The Kier molecular flexibility index (Phi) is 3.75. The number of benzene rings is 2. The number of carbonyl (C=O) groups excluding carboxylic acids is 1. The van der Waals surface area contributed by atoms with Gasteiger partial charge < -0.3 is 4.90 Å². The lowest BCUT2D eigenvalue weighted by Crippen LogP contribution is -2.24. The maximum absolute atomic E-state index is 12.0. The lowest BCUT2D eigenvalue weighted by Gasteiger charge is -2.16. The molecule has 1 unspecified atom stereocenters. The zero-order valence-electron chi connectivity index (χ0n) is 11.1. The van der Waals surface area contributed by atoms with E-state index in [1.165, 1.54) is 5.56 Å². The molecule has 1 atom stereocenters. The molecule has 3 rings (SSSR count). The summed E-state index contributed by atoms with van der Waals surface area (Å²) in [7, 11) is 0. The van der Waals surface area contributed by atoms with Crippen LogP contribution in [0.4, 0.5) is 5.69 Å². The van der Waals surface area contributed by atoms with Crippen LogP contribution in [0.2, 0.25) is 0 Å². The Balaban J connectivity index is 1.82. The number of alkyl halides is 1. The SMILES string of the molecule is O=C1CC(CCl)CN1c1ccc(-c2ccccc2)cc1. The van der Waals surface area contributed by atoms with Gasteiger partial charge in [-0.15, -0.1) is 11.6 Å². The van der Waals surface area contributed by atoms with E-state index in [4.69, 9.17) is 11.6 Å². The number of hydrogen-bond donors (Lipinski definition) is 0. The summed E-state index contributed by atoms with van der Waals surface area (Å²) < 4.78 is 0. The number of rotatable bonds is 3. The van der Waals surface area contributed by atoms with Crippen LogP contribution in [-0.4, -0.2) is 18.3 Å². The van der Waals surface area contributed by atoms with Gasteiger partial charge in [-0.25, -0.2) is 0 Å². The number of amides is 1. The normalized spacial score (nSPS) is 18.6. The summed E-state index contributed by atoms with van der Waals surface area (Å²) in [5, 5.41) is 0. The average Bonchev–Trinajstić information content (AvgIpc) is 2.89. The molecule has 2 aromatic carbocycles. The van der Waals surface area contributed by atoms with Gasteiger partial charge in [0.05, 0.1) is 0 Å². The Labute approximate surface area is 124 Å². The van der Waals surface area contributed by atoms with E-state index in [1.807, 2.05) is 35.2 Å². The molecule has 1 fully saturated rings. The van der Waals surface area contributed by atoms with E-state index < -0.39 is 0 Å². The second-order valence-corrected chi connectivity index (χ2v) is 5.45. The van der Waals surface area contributed by atoms with Crippen LogP contribution in [0.15, 0.2) is 54.6 Å². The Hall–Kier alpha value is -1.80. The van der Waals surface area contributed by atoms with Crippen molar-refractivity contribution in [3.8, 4) is 11.1 Å². The van der Waals surface area contributed by atoms with Crippen LogP contribution in [0.5, 0.6) is 0 Å². The summed E-state index contributed by atoms with van der Waals surface area (Å²) in [6.45, 7) is 0.729. The third kappa shape index (κ3) is 2.56. The minimum atomic E-state index is 0.170. The molecule has 0 aliphatic carbocycles. The molecule has 1 amide bonds. The topological polar surface area (TPSA) is 20.3 Å². The number of hydrogen-bond acceptors (Lipinski definition) is 1. The molecule has 0 N–H and O–H groups in total. The van der Waals surface area contributed by atoms with E-state index in [-0.39, 0.29) is 11.8 Å². The first-order valence-electron chi connectivity index (χ1n) is 6.80. The molecule has 0 aromatic heterocycles. The third-order valence-corrected chi connectivity index (χ3v) is 4.15. The molecule has 1 heterocycles. The van der Waals surface area contributed by atoms with Crippen LogP contribution < -0.4 is 4.90 Å². The van der Waals surface area contributed by atoms with Crippen LogP contribution in [0.3, 0.4) is 0 Å². The summed E-state index contributed by atoms with van der Waals surface area (Å²) in [6, 6.07) is 18.4. The maximum Gasteiger partial charge on any atom is 0.227 e. The second kappa shape index (κ2) is 5.68. The first kappa shape index (κ1) is 13.2. The lowest BCUT2D eigenvalue weighted by atomic mass is 10.1. The van der Waals surface area contributed by atoms with Gasteiger partial charge in [-0.05, 0) is 29.2 Å². The number of anilines is 1. The first-order chi connectivity index (χ1) is 9.78. The van der Waals surface area contributed by atoms with E-state index in [9.17, 15) is 4.79 Å². The maximum atomic E-state index is 12.0. The van der Waals surface area contributed by atoms with Gasteiger partial charge in [0.1, 0.15) is 0 Å². The van der Waals surface area contributed by atoms with Gasteiger partial charge in [0.15, 0.2) is 0 Å². The van der Waals surface area contributed by atoms with Crippen molar-refractivity contribution in [3.63, 3.8) is 0 Å². The largest absolute Gasteiger partial charge is 0.312 e. The standard InChI is InChI=1S/C17H16ClNO/c18-11-13-10-17(20)19(12-13)16-8-6-15(7-9-16)14-4-2-1-3-5-14/h1-9,13H,10-12H2. The lowest BCUT2D eigenvalue weighted by molar-refractivity contribution is -0.117. The minimum absolute atomic E-state index is 0.170. The van der Waals surface area contributed by atoms with Gasteiger partial charge >= 0.3 is 0 Å². The van der Waals surface area contributed by atoms with Gasteiger partial charge in [0.25, 0.3) is 0 Å². The summed E-state index contributed by atoms with van der Waals surface area (Å²) in [4.78, 5) is 13.8. The molecule has 2 aromatic rings. The first-order valence-corrected chi connectivity index (χ1v) is 7.33. The highest BCUT2D eigenvalue weighted by Crippen LogP contribution is 2.28. The Morgan fingerprint density at radius 3 is 2.25 bits per heavy atom. The van der Waals surface area contributed by atoms with E-state index in [0.717, 1.165) is 17.8 Å². The van der Waals surface area contributed by atoms with Crippen LogP contribution >= 0.6 is 11.6 Å². The Morgan fingerprint density at radius 2 is 1.65 bits per heavy atom. The molecular weight excluding hydrogens is 270 g/mol. The molecule has 0 saturated carbocycles. The van der Waals surface area contributed by atoms with Crippen molar-refractivity contribution in [3.05, 3.63) is 54.6 Å². The van der Waals surface area contributed by atoms with Gasteiger partial charge in [0.2, 0.25) is 5.91 Å². The van der Waals surface area contributed by atoms with Crippen molar-refractivity contribution >= 4 is 23.2 Å². The zero-order valence-corrected chi connectivity index (χ0v) is 11.9. The van der Waals surface area contributed by atoms with Crippen LogP contribution in [0.1, 0.15) is 6.42 Å². The predicted octanol–water partition coefficient (Wildman–Crippen LogP) is 3.95. The number of halogens is 1. The molecular formula is C17H16ClNO. The third-order valence-electron chi connectivity index (χ3n) is 3.71. The van der Waals surface area contributed by atoms with E-state index in [2.05, 4.69) is 24.3 Å². The molecule has 3 heteroatoms. The van der Waals surface area contributed by atoms with Crippen LogP contribution in [-0.2, 0) is 4.79 Å². The highest BCUT2D eigenvalue weighted by molar-refractivity contribution is 6.18. The van der Waals surface area contributed by atoms with Crippen molar-refractivity contribution in [2.45, 2.75) is 6.42 Å². The zero-order chi connectivity index (χ0) is 13.9. The smallest absolute Gasteiger partial charge is 0.227 e. The van der Waals surface area contributed by atoms with E-state index in [1.54, 1.807) is 0 Å². The molecule has 0 bridgehead atoms. The van der Waals surface area contributed by atoms with Crippen molar-refractivity contribution < 1.29 is 4.79 Å². The molecule has 0 radical (unpaired) electrons. The monoisotopic (exact) mass is 285 g/mol. The van der Waals surface area contributed by atoms with Crippen LogP contribution in [0, 0.1) is 5.92 Å². The van der Waals surface area contributed by atoms with Gasteiger partial charge in [-0.3, -0.25) is 4.79 Å². The molecule has 20 heavy (non-hydrogen) atoms. The molecule has 102 valence electrons. The summed E-state index contributed by atoms with van der Waals surface area (Å²) >= 11 is 5.85. The summed E-state index contributed by atoms with van der Waals surface area (Å²) in [6.07, 6.45) is 0.559. The van der Waals surface area contributed by atoms with Crippen molar-refractivity contribution in [1.82, 2.24) is 0 Å². The summed E-state index contributed by atoms with van der Waals surface area (Å²) in [5.41, 5.74) is 3.31. The van der Waals surface area contributed by atoms with Crippen molar-refractivity contribution in [2.75, 3.05) is 17.3 Å². The predicted molar refractivity (Wildman–Crippen MR) is 83.1 cm³/mol. The van der Waals surface area contributed by atoms with Gasteiger partial charge in [-0.2, -0.15) is 0 Å². The second-order valence-electron chi connectivity index (χ2n) is 5.14. The molecule has 2 nitrogen and oxygen atoms in total. The summed E-state index contributed by atoms with van der Waals surface area (Å²) in [5.74, 6) is 0.991. The molecule has 0 spiro atoms. The van der Waals surface area contributed by atoms with Crippen LogP contribution in [0.25, 0.3) is 11.1 Å². The Bertz CT molecular complexity index is 594. The highest BCUT2D eigenvalue weighted by Gasteiger charge is 2.29. The fourth-order valence-corrected chi connectivity index (χ4v) is 2.81. The van der Waals surface area contributed by atoms with Crippen molar-refractivity contribution in [1.29, 1.82) is 0 Å². The quantitative estimate of drug-likeness (QED) is 0.782. The number of nitrogens with zero attached hydrogens (tertiary/aromatic N) is 1. The molecule has 1 saturated heterocycles. The highest BCUT2D eigenvalue weighted by atomic mass is 35.5. The molecule has 1 aliphatic heterocycles. The van der Waals surface area contributed by atoms with E-state index in [0.29, 0.717) is 12.3 Å².